The summed E-state index contributed by atoms with van der Waals surface area (Å²) in [6.45, 7) is 1.89. The molecule has 1 N–H and O–H groups in total. The Balaban J connectivity index is 1.77. The number of para-hydroxylation sites is 1. The molecule has 1 heterocycles. The standard InChI is InChI=1S/C21H25N3O4/c1-28-20-9-5-4-8-17(20)15-22-21(25)16-10-11-18(19(14-16)24(26)27)23-12-6-2-3-7-13-23/h4-5,8-11,14H,2-3,6-7,12-13,15H2,1H3,(H,22,25). The van der Waals surface area contributed by atoms with Crippen LogP contribution in [0.4, 0.5) is 11.4 Å². The first-order valence-electron chi connectivity index (χ1n) is 9.53. The van der Waals surface area contributed by atoms with Crippen molar-refractivity contribution in [2.24, 2.45) is 0 Å². The van der Waals surface area contributed by atoms with Crippen molar-refractivity contribution >= 4 is 17.3 Å². The van der Waals surface area contributed by atoms with Gasteiger partial charge in [-0.05, 0) is 31.0 Å². The Morgan fingerprint density at radius 2 is 1.86 bits per heavy atom. The van der Waals surface area contributed by atoms with Gasteiger partial charge in [-0.25, -0.2) is 0 Å². The van der Waals surface area contributed by atoms with E-state index in [9.17, 15) is 14.9 Å². The van der Waals surface area contributed by atoms with E-state index in [1.165, 1.54) is 6.07 Å². The second-order valence-corrected chi connectivity index (χ2v) is 6.86. The van der Waals surface area contributed by atoms with E-state index < -0.39 is 4.92 Å². The minimum atomic E-state index is -0.406. The van der Waals surface area contributed by atoms with Crippen molar-refractivity contribution in [1.82, 2.24) is 5.32 Å². The van der Waals surface area contributed by atoms with Gasteiger partial charge in [0.25, 0.3) is 11.6 Å². The Bertz CT molecular complexity index is 845. The number of nitro benzene ring substituents is 1. The number of carbonyl (C=O) groups is 1. The molecule has 1 amide bonds. The third-order valence-electron chi connectivity index (χ3n) is 5.01. The summed E-state index contributed by atoms with van der Waals surface area (Å²) in [5, 5.41) is 14.4. The molecule has 1 aliphatic heterocycles. The molecule has 0 bridgehead atoms. The maximum absolute atomic E-state index is 12.5. The van der Waals surface area contributed by atoms with Crippen molar-refractivity contribution in [3.8, 4) is 5.75 Å². The van der Waals surface area contributed by atoms with Crippen LogP contribution in [0.25, 0.3) is 0 Å². The fourth-order valence-electron chi connectivity index (χ4n) is 3.52. The maximum Gasteiger partial charge on any atom is 0.293 e. The lowest BCUT2D eigenvalue weighted by Gasteiger charge is -2.22. The van der Waals surface area contributed by atoms with Crippen LogP contribution < -0.4 is 15.0 Å². The van der Waals surface area contributed by atoms with Gasteiger partial charge in [0.2, 0.25) is 0 Å². The third kappa shape index (κ3) is 4.60. The van der Waals surface area contributed by atoms with Gasteiger partial charge in [0, 0.05) is 36.8 Å². The number of amides is 1. The van der Waals surface area contributed by atoms with E-state index >= 15 is 0 Å². The highest BCUT2D eigenvalue weighted by Gasteiger charge is 2.22. The molecule has 1 saturated heterocycles. The average Bonchev–Trinajstić information content (AvgIpc) is 3.01. The molecule has 0 aliphatic carbocycles. The molecule has 0 radical (unpaired) electrons. The van der Waals surface area contributed by atoms with Gasteiger partial charge in [0.15, 0.2) is 0 Å². The van der Waals surface area contributed by atoms with Crippen molar-refractivity contribution in [2.45, 2.75) is 32.2 Å². The summed E-state index contributed by atoms with van der Waals surface area (Å²) in [5.74, 6) is 0.335. The highest BCUT2D eigenvalue weighted by Crippen LogP contribution is 2.31. The summed E-state index contributed by atoms with van der Waals surface area (Å²) < 4.78 is 5.28. The number of nitrogens with zero attached hydrogens (tertiary/aromatic N) is 2. The highest BCUT2D eigenvalue weighted by molar-refractivity contribution is 5.95. The molecule has 2 aromatic carbocycles. The summed E-state index contributed by atoms with van der Waals surface area (Å²) in [5.41, 5.74) is 1.69. The maximum atomic E-state index is 12.5. The third-order valence-corrected chi connectivity index (χ3v) is 5.01. The molecular formula is C21H25N3O4. The van der Waals surface area contributed by atoms with Gasteiger partial charge < -0.3 is 15.0 Å². The minimum absolute atomic E-state index is 0.0214. The van der Waals surface area contributed by atoms with Crippen LogP contribution >= 0.6 is 0 Å². The number of hydrogen-bond donors (Lipinski definition) is 1. The molecule has 28 heavy (non-hydrogen) atoms. The molecule has 2 aromatic rings. The molecule has 148 valence electrons. The molecule has 0 unspecified atom stereocenters. The Morgan fingerprint density at radius 1 is 1.14 bits per heavy atom. The molecule has 0 atom stereocenters. The van der Waals surface area contributed by atoms with Gasteiger partial charge in [0.05, 0.1) is 12.0 Å². The number of nitro groups is 1. The van der Waals surface area contributed by atoms with E-state index in [4.69, 9.17) is 4.74 Å². The average molecular weight is 383 g/mol. The number of methoxy groups -OCH3 is 1. The number of rotatable bonds is 6. The molecule has 1 aliphatic rings. The van der Waals surface area contributed by atoms with Crippen molar-refractivity contribution in [1.29, 1.82) is 0 Å². The number of nitrogens with one attached hydrogen (secondary N) is 1. The van der Waals surface area contributed by atoms with E-state index in [0.29, 0.717) is 11.4 Å². The van der Waals surface area contributed by atoms with Crippen molar-refractivity contribution in [2.75, 3.05) is 25.1 Å². The summed E-state index contributed by atoms with van der Waals surface area (Å²) in [6.07, 6.45) is 4.35. The monoisotopic (exact) mass is 383 g/mol. The van der Waals surface area contributed by atoms with Gasteiger partial charge >= 0.3 is 0 Å². The van der Waals surface area contributed by atoms with Gasteiger partial charge in [-0.3, -0.25) is 14.9 Å². The van der Waals surface area contributed by atoms with E-state index in [-0.39, 0.29) is 23.7 Å². The van der Waals surface area contributed by atoms with Crippen LogP contribution in [0.2, 0.25) is 0 Å². The van der Waals surface area contributed by atoms with Gasteiger partial charge in [0.1, 0.15) is 11.4 Å². The predicted octanol–water partition coefficient (Wildman–Crippen LogP) is 3.91. The Morgan fingerprint density at radius 3 is 2.54 bits per heavy atom. The molecule has 7 nitrogen and oxygen atoms in total. The smallest absolute Gasteiger partial charge is 0.293 e. The van der Waals surface area contributed by atoms with Crippen LogP contribution in [0.3, 0.4) is 0 Å². The Labute approximate surface area is 164 Å². The summed E-state index contributed by atoms with van der Waals surface area (Å²) in [7, 11) is 1.57. The zero-order chi connectivity index (χ0) is 19.9. The van der Waals surface area contributed by atoms with E-state index in [1.54, 1.807) is 19.2 Å². The number of anilines is 1. The second kappa shape index (κ2) is 9.21. The second-order valence-electron chi connectivity index (χ2n) is 6.86. The molecule has 0 aromatic heterocycles. The molecule has 0 spiro atoms. The minimum Gasteiger partial charge on any atom is -0.496 e. The lowest BCUT2D eigenvalue weighted by atomic mass is 10.1. The van der Waals surface area contributed by atoms with E-state index in [2.05, 4.69) is 10.2 Å². The van der Waals surface area contributed by atoms with E-state index in [1.807, 2.05) is 24.3 Å². The normalized spacial score (nSPS) is 14.2. The molecule has 3 rings (SSSR count). The summed E-state index contributed by atoms with van der Waals surface area (Å²) in [6, 6.07) is 12.1. The van der Waals surface area contributed by atoms with Gasteiger partial charge in [-0.1, -0.05) is 31.0 Å². The predicted molar refractivity (Wildman–Crippen MR) is 108 cm³/mol. The fourth-order valence-corrected chi connectivity index (χ4v) is 3.52. The lowest BCUT2D eigenvalue weighted by Crippen LogP contribution is -2.26. The van der Waals surface area contributed by atoms with Crippen LogP contribution in [0.15, 0.2) is 42.5 Å². The number of ether oxygens (including phenoxy) is 1. The van der Waals surface area contributed by atoms with Crippen molar-refractivity contribution in [3.05, 3.63) is 63.7 Å². The van der Waals surface area contributed by atoms with Crippen LogP contribution in [0.1, 0.15) is 41.6 Å². The number of hydrogen-bond acceptors (Lipinski definition) is 5. The first-order chi connectivity index (χ1) is 13.6. The lowest BCUT2D eigenvalue weighted by molar-refractivity contribution is -0.384. The summed E-state index contributed by atoms with van der Waals surface area (Å²) in [4.78, 5) is 25.8. The van der Waals surface area contributed by atoms with Gasteiger partial charge in [-0.2, -0.15) is 0 Å². The molecule has 0 saturated carbocycles. The SMILES string of the molecule is COc1ccccc1CNC(=O)c1ccc(N2CCCCCC2)c([N+](=O)[O-])c1. The largest absolute Gasteiger partial charge is 0.496 e. The number of benzene rings is 2. The van der Waals surface area contributed by atoms with Crippen LogP contribution in [-0.4, -0.2) is 31.0 Å². The number of carbonyl (C=O) groups excluding carboxylic acids is 1. The quantitative estimate of drug-likeness (QED) is 0.604. The van der Waals surface area contributed by atoms with Gasteiger partial charge in [-0.15, -0.1) is 0 Å². The highest BCUT2D eigenvalue weighted by atomic mass is 16.6. The first kappa shape index (κ1) is 19.7. The van der Waals surface area contributed by atoms with Crippen LogP contribution in [0, 0.1) is 10.1 Å². The van der Waals surface area contributed by atoms with Crippen molar-refractivity contribution in [3.63, 3.8) is 0 Å². The molecule has 7 heteroatoms. The molecule has 1 fully saturated rings. The van der Waals surface area contributed by atoms with Crippen LogP contribution in [0.5, 0.6) is 5.75 Å². The van der Waals surface area contributed by atoms with Crippen LogP contribution in [-0.2, 0) is 6.54 Å². The summed E-state index contributed by atoms with van der Waals surface area (Å²) >= 11 is 0. The molecular weight excluding hydrogens is 358 g/mol. The fraction of sp³-hybridized carbons (Fsp3) is 0.381. The Hall–Kier alpha value is -3.09. The Kier molecular flexibility index (Phi) is 6.47. The zero-order valence-electron chi connectivity index (χ0n) is 16.0. The zero-order valence-corrected chi connectivity index (χ0v) is 16.0. The van der Waals surface area contributed by atoms with E-state index in [0.717, 1.165) is 44.3 Å². The van der Waals surface area contributed by atoms with Crippen molar-refractivity contribution < 1.29 is 14.5 Å². The topological polar surface area (TPSA) is 84.7 Å². The first-order valence-corrected chi connectivity index (χ1v) is 9.53.